The molecule has 5 heteroatoms. The number of carbonyl (C=O) groups excluding carboxylic acids is 1. The molecule has 0 spiro atoms. The molecule has 0 radical (unpaired) electrons. The minimum atomic E-state index is -0.371. The molecule has 0 atom stereocenters. The van der Waals surface area contributed by atoms with Gasteiger partial charge in [0.05, 0.1) is 23.7 Å². The number of hydrogen-bond acceptors (Lipinski definition) is 4. The molecule has 0 saturated heterocycles. The average Bonchev–Trinajstić information content (AvgIpc) is 3.16. The monoisotopic (exact) mass is 372 g/mol. The van der Waals surface area contributed by atoms with Gasteiger partial charge in [0.1, 0.15) is 18.2 Å². The maximum atomic E-state index is 11.7. The lowest BCUT2D eigenvalue weighted by molar-refractivity contribution is 0.0601. The van der Waals surface area contributed by atoms with Crippen LogP contribution in [-0.4, -0.2) is 23.0 Å². The number of fused-ring (bicyclic) bond motifs is 1. The normalized spacial score (nSPS) is 10.8. The van der Waals surface area contributed by atoms with E-state index in [-0.39, 0.29) is 5.97 Å². The molecule has 0 aliphatic carbocycles. The third-order valence-corrected chi connectivity index (χ3v) is 4.54. The molecule has 5 nitrogen and oxygen atoms in total. The lowest BCUT2D eigenvalue weighted by Crippen LogP contribution is -2.00. The number of benzene rings is 3. The van der Waals surface area contributed by atoms with Gasteiger partial charge in [-0.25, -0.2) is 9.78 Å². The quantitative estimate of drug-likeness (QED) is 0.506. The van der Waals surface area contributed by atoms with Gasteiger partial charge < -0.3 is 14.5 Å². The van der Waals surface area contributed by atoms with Gasteiger partial charge in [0.15, 0.2) is 0 Å². The van der Waals surface area contributed by atoms with Crippen LogP contribution in [0.2, 0.25) is 0 Å². The summed E-state index contributed by atoms with van der Waals surface area (Å²) in [5.74, 6) is 1.12. The maximum Gasteiger partial charge on any atom is 0.337 e. The maximum absolute atomic E-state index is 11.7. The summed E-state index contributed by atoms with van der Waals surface area (Å²) in [5.41, 5.74) is 5.32. The van der Waals surface area contributed by atoms with E-state index in [0.717, 1.165) is 33.7 Å². The van der Waals surface area contributed by atoms with E-state index in [2.05, 4.69) is 41.2 Å². The zero-order valence-electron chi connectivity index (χ0n) is 15.7. The predicted molar refractivity (Wildman–Crippen MR) is 108 cm³/mol. The number of nitrogens with one attached hydrogen (secondary N) is 1. The largest absolute Gasteiger partial charge is 0.489 e. The molecule has 0 aliphatic rings. The standard InChI is InChI=1S/C23H20N2O3/c1-15-6-8-16(9-7-15)14-28-19-5-3-4-17(12-19)22-24-20-11-10-18(23(26)27-2)13-21(20)25-22/h3-13H,14H2,1-2H3,(H,24,25). The fraction of sp³-hybridized carbons (Fsp3) is 0.130. The number of hydrogen-bond donors (Lipinski definition) is 1. The smallest absolute Gasteiger partial charge is 0.337 e. The van der Waals surface area contributed by atoms with Crippen molar-refractivity contribution in [2.75, 3.05) is 7.11 Å². The second-order valence-electron chi connectivity index (χ2n) is 6.61. The van der Waals surface area contributed by atoms with Gasteiger partial charge in [0, 0.05) is 5.56 Å². The molecule has 0 unspecified atom stereocenters. The number of nitrogens with zero attached hydrogens (tertiary/aromatic N) is 1. The van der Waals surface area contributed by atoms with Crippen molar-refractivity contribution >= 4 is 17.0 Å². The van der Waals surface area contributed by atoms with Crippen molar-refractivity contribution in [1.82, 2.24) is 9.97 Å². The summed E-state index contributed by atoms with van der Waals surface area (Å²) in [6.07, 6.45) is 0. The Kier molecular flexibility index (Phi) is 4.81. The Bertz CT molecular complexity index is 1130. The van der Waals surface area contributed by atoms with E-state index in [1.54, 1.807) is 18.2 Å². The fourth-order valence-corrected chi connectivity index (χ4v) is 2.98. The molecule has 28 heavy (non-hydrogen) atoms. The van der Waals surface area contributed by atoms with Gasteiger partial charge in [-0.15, -0.1) is 0 Å². The topological polar surface area (TPSA) is 64.2 Å². The summed E-state index contributed by atoms with van der Waals surface area (Å²) >= 11 is 0. The number of carbonyl (C=O) groups is 1. The molecule has 3 aromatic carbocycles. The molecule has 0 saturated carbocycles. The number of aromatic amines is 1. The van der Waals surface area contributed by atoms with Crippen molar-refractivity contribution in [2.45, 2.75) is 13.5 Å². The van der Waals surface area contributed by atoms with Gasteiger partial charge in [-0.2, -0.15) is 0 Å². The lowest BCUT2D eigenvalue weighted by Gasteiger charge is -2.07. The zero-order valence-corrected chi connectivity index (χ0v) is 15.7. The van der Waals surface area contributed by atoms with Crippen LogP contribution in [0.4, 0.5) is 0 Å². The Labute approximate surface area is 163 Å². The number of H-pyrrole nitrogens is 1. The van der Waals surface area contributed by atoms with E-state index in [4.69, 9.17) is 9.47 Å². The van der Waals surface area contributed by atoms with Crippen LogP contribution < -0.4 is 4.74 Å². The molecule has 4 aromatic rings. The second-order valence-corrected chi connectivity index (χ2v) is 6.61. The number of imidazole rings is 1. The molecule has 4 rings (SSSR count). The third-order valence-electron chi connectivity index (χ3n) is 4.54. The molecular formula is C23H20N2O3. The average molecular weight is 372 g/mol. The summed E-state index contributed by atoms with van der Waals surface area (Å²) < 4.78 is 10.7. The SMILES string of the molecule is COC(=O)c1ccc2nc(-c3cccc(OCc4ccc(C)cc4)c3)[nH]c2c1. The molecule has 140 valence electrons. The van der Waals surface area contributed by atoms with E-state index in [9.17, 15) is 4.79 Å². The second kappa shape index (κ2) is 7.56. The van der Waals surface area contributed by atoms with Gasteiger partial charge in [-0.05, 0) is 42.8 Å². The van der Waals surface area contributed by atoms with Gasteiger partial charge in [-0.3, -0.25) is 0 Å². The third kappa shape index (κ3) is 3.74. The molecule has 1 N–H and O–H groups in total. The van der Waals surface area contributed by atoms with Crippen molar-refractivity contribution in [3.63, 3.8) is 0 Å². The van der Waals surface area contributed by atoms with E-state index < -0.39 is 0 Å². The van der Waals surface area contributed by atoms with Crippen LogP contribution in [0.15, 0.2) is 66.7 Å². The first kappa shape index (κ1) is 17.8. The van der Waals surface area contributed by atoms with Crippen LogP contribution in [0.1, 0.15) is 21.5 Å². The van der Waals surface area contributed by atoms with E-state index in [0.29, 0.717) is 12.2 Å². The van der Waals surface area contributed by atoms with E-state index in [1.165, 1.54) is 12.7 Å². The number of methoxy groups -OCH3 is 1. The molecule has 1 aromatic heterocycles. The van der Waals surface area contributed by atoms with Gasteiger partial charge in [-0.1, -0.05) is 42.0 Å². The number of rotatable bonds is 5. The number of aryl methyl sites for hydroxylation is 1. The summed E-state index contributed by atoms with van der Waals surface area (Å²) in [5, 5.41) is 0. The Morgan fingerprint density at radius 1 is 1.04 bits per heavy atom. The molecule has 1 heterocycles. The first-order valence-corrected chi connectivity index (χ1v) is 8.99. The first-order chi connectivity index (χ1) is 13.6. The Morgan fingerprint density at radius 3 is 2.64 bits per heavy atom. The Balaban J connectivity index is 1.56. The molecule has 0 bridgehead atoms. The van der Waals surface area contributed by atoms with Crippen molar-refractivity contribution in [1.29, 1.82) is 0 Å². The molecule has 0 amide bonds. The van der Waals surface area contributed by atoms with Crippen molar-refractivity contribution in [3.05, 3.63) is 83.4 Å². The number of ether oxygens (including phenoxy) is 2. The van der Waals surface area contributed by atoms with Crippen LogP contribution >= 0.6 is 0 Å². The highest BCUT2D eigenvalue weighted by Gasteiger charge is 2.10. The van der Waals surface area contributed by atoms with Crippen LogP contribution in [0.3, 0.4) is 0 Å². The summed E-state index contributed by atoms with van der Waals surface area (Å²) in [6.45, 7) is 2.57. The van der Waals surface area contributed by atoms with Gasteiger partial charge in [0.25, 0.3) is 0 Å². The summed E-state index contributed by atoms with van der Waals surface area (Å²) in [7, 11) is 1.37. The molecule has 0 aliphatic heterocycles. The first-order valence-electron chi connectivity index (χ1n) is 8.99. The van der Waals surface area contributed by atoms with E-state index >= 15 is 0 Å². The number of esters is 1. The van der Waals surface area contributed by atoms with Crippen molar-refractivity contribution < 1.29 is 14.3 Å². The Morgan fingerprint density at radius 2 is 1.86 bits per heavy atom. The van der Waals surface area contributed by atoms with Crippen LogP contribution in [-0.2, 0) is 11.3 Å². The predicted octanol–water partition coefficient (Wildman–Crippen LogP) is 4.90. The number of aromatic nitrogens is 2. The van der Waals surface area contributed by atoms with Crippen molar-refractivity contribution in [3.8, 4) is 17.1 Å². The van der Waals surface area contributed by atoms with Crippen LogP contribution in [0.25, 0.3) is 22.4 Å². The lowest BCUT2D eigenvalue weighted by atomic mass is 10.1. The molecule has 0 fully saturated rings. The minimum Gasteiger partial charge on any atom is -0.489 e. The highest BCUT2D eigenvalue weighted by Crippen LogP contribution is 2.25. The van der Waals surface area contributed by atoms with Gasteiger partial charge in [0.2, 0.25) is 0 Å². The summed E-state index contributed by atoms with van der Waals surface area (Å²) in [6, 6.07) is 21.3. The Hall–Kier alpha value is -3.60. The van der Waals surface area contributed by atoms with Crippen LogP contribution in [0.5, 0.6) is 5.75 Å². The highest BCUT2D eigenvalue weighted by atomic mass is 16.5. The molecular weight excluding hydrogens is 352 g/mol. The minimum absolute atomic E-state index is 0.371. The van der Waals surface area contributed by atoms with Gasteiger partial charge >= 0.3 is 5.97 Å². The fourth-order valence-electron chi connectivity index (χ4n) is 2.98. The zero-order chi connectivity index (χ0) is 19.5. The summed E-state index contributed by atoms with van der Waals surface area (Å²) in [4.78, 5) is 19.6. The van der Waals surface area contributed by atoms with Crippen molar-refractivity contribution in [2.24, 2.45) is 0 Å². The highest BCUT2D eigenvalue weighted by molar-refractivity contribution is 5.94. The van der Waals surface area contributed by atoms with E-state index in [1.807, 2.05) is 24.3 Å². The van der Waals surface area contributed by atoms with Crippen LogP contribution in [0, 0.1) is 6.92 Å².